The molecule has 0 atom stereocenters. The molecule has 0 aliphatic rings. The molecule has 2 aromatic carbocycles. The van der Waals surface area contributed by atoms with Crippen molar-refractivity contribution < 1.29 is 32.2 Å². The Morgan fingerprint density at radius 2 is 1.66 bits per heavy atom. The number of sulfonamides is 1. The van der Waals surface area contributed by atoms with E-state index in [9.17, 15) is 18.0 Å². The zero-order chi connectivity index (χ0) is 23.1. The van der Waals surface area contributed by atoms with Crippen molar-refractivity contribution in [3.8, 4) is 11.5 Å². The number of para-hydroxylation sites is 1. The molecule has 0 spiro atoms. The van der Waals surface area contributed by atoms with E-state index < -0.39 is 28.5 Å². The Morgan fingerprint density at radius 1 is 0.969 bits per heavy atom. The van der Waals surface area contributed by atoms with Gasteiger partial charge in [-0.2, -0.15) is 0 Å². The lowest BCUT2D eigenvalue weighted by Gasteiger charge is -2.12. The molecule has 168 valence electrons. The molecule has 0 aliphatic carbocycles. The summed E-state index contributed by atoms with van der Waals surface area (Å²) in [4.78, 5) is 24.8. The molecule has 0 aliphatic heterocycles. The second-order valence-electron chi connectivity index (χ2n) is 6.31. The Kier molecular flexibility index (Phi) is 7.33. The fourth-order valence-electron chi connectivity index (χ4n) is 2.65. The lowest BCUT2D eigenvalue weighted by molar-refractivity contribution is -0.119. The highest BCUT2D eigenvalue weighted by molar-refractivity contribution is 7.94. The molecule has 0 radical (unpaired) electrons. The first kappa shape index (κ1) is 23.1. The van der Waals surface area contributed by atoms with Gasteiger partial charge in [-0.3, -0.25) is 9.52 Å². The predicted molar refractivity (Wildman–Crippen MR) is 120 cm³/mol. The van der Waals surface area contributed by atoms with Gasteiger partial charge in [0.15, 0.2) is 6.61 Å². The second-order valence-corrected chi connectivity index (χ2v) is 9.17. The number of anilines is 2. The molecular formula is C21H20N2O7S2. The summed E-state index contributed by atoms with van der Waals surface area (Å²) in [5, 5.41) is 4.21. The normalized spacial score (nSPS) is 10.8. The standard InChI is InChI=1S/C21H20N2O7S2/c1-28-15-10-14(11-16(12-15)29-2)22-19(24)13-30-21(25)17-6-3-4-7-18(17)23-32(26,27)20-8-5-9-31-20/h3-12,23H,13H2,1-2H3,(H,22,24). The van der Waals surface area contributed by atoms with E-state index in [-0.39, 0.29) is 15.5 Å². The number of ether oxygens (including phenoxy) is 3. The maximum absolute atomic E-state index is 12.5. The second kappa shape index (κ2) is 10.2. The summed E-state index contributed by atoms with van der Waals surface area (Å²) in [7, 11) is -0.897. The number of esters is 1. The summed E-state index contributed by atoms with van der Waals surface area (Å²) in [5.41, 5.74) is 0.415. The molecule has 1 aromatic heterocycles. The summed E-state index contributed by atoms with van der Waals surface area (Å²) in [6.45, 7) is -0.579. The summed E-state index contributed by atoms with van der Waals surface area (Å²) >= 11 is 1.05. The minimum absolute atomic E-state index is 0.0246. The minimum Gasteiger partial charge on any atom is -0.497 e. The molecule has 0 fully saturated rings. The van der Waals surface area contributed by atoms with Gasteiger partial charge in [0.1, 0.15) is 15.7 Å². The van der Waals surface area contributed by atoms with Crippen LogP contribution in [-0.4, -0.2) is 41.1 Å². The summed E-state index contributed by atoms with van der Waals surface area (Å²) in [6, 6.07) is 13.8. The van der Waals surface area contributed by atoms with Crippen LogP contribution in [-0.2, 0) is 19.6 Å². The van der Waals surface area contributed by atoms with Crippen molar-refractivity contribution in [1.82, 2.24) is 0 Å². The highest BCUT2D eigenvalue weighted by atomic mass is 32.2. The lowest BCUT2D eigenvalue weighted by Crippen LogP contribution is -2.22. The largest absolute Gasteiger partial charge is 0.497 e. The zero-order valence-corrected chi connectivity index (χ0v) is 18.8. The van der Waals surface area contributed by atoms with Gasteiger partial charge in [0, 0.05) is 23.9 Å². The molecule has 32 heavy (non-hydrogen) atoms. The van der Waals surface area contributed by atoms with Crippen LogP contribution in [0.25, 0.3) is 0 Å². The van der Waals surface area contributed by atoms with Gasteiger partial charge in [0.05, 0.1) is 25.5 Å². The molecule has 1 amide bonds. The quantitative estimate of drug-likeness (QED) is 0.454. The average molecular weight is 477 g/mol. The van der Waals surface area contributed by atoms with E-state index in [4.69, 9.17) is 14.2 Å². The van der Waals surface area contributed by atoms with E-state index in [0.717, 1.165) is 11.3 Å². The van der Waals surface area contributed by atoms with Crippen LogP contribution in [0.4, 0.5) is 11.4 Å². The number of carbonyl (C=O) groups is 2. The molecule has 3 aromatic rings. The van der Waals surface area contributed by atoms with E-state index in [0.29, 0.717) is 17.2 Å². The minimum atomic E-state index is -3.85. The van der Waals surface area contributed by atoms with Crippen molar-refractivity contribution >= 4 is 44.6 Å². The number of rotatable bonds is 9. The Labute approximate surface area is 189 Å². The van der Waals surface area contributed by atoms with Crippen LogP contribution in [0.2, 0.25) is 0 Å². The lowest BCUT2D eigenvalue weighted by atomic mass is 10.2. The SMILES string of the molecule is COc1cc(NC(=O)COC(=O)c2ccccc2NS(=O)(=O)c2cccs2)cc(OC)c1. The number of hydrogen-bond donors (Lipinski definition) is 2. The van der Waals surface area contributed by atoms with Gasteiger partial charge >= 0.3 is 5.97 Å². The van der Waals surface area contributed by atoms with Crippen LogP contribution in [0.1, 0.15) is 10.4 Å². The third-order valence-corrected chi connectivity index (χ3v) is 6.88. The molecule has 2 N–H and O–H groups in total. The molecule has 0 saturated carbocycles. The number of amides is 1. The smallest absolute Gasteiger partial charge is 0.340 e. The fraction of sp³-hybridized carbons (Fsp3) is 0.143. The molecule has 0 bridgehead atoms. The third-order valence-electron chi connectivity index (χ3n) is 4.12. The van der Waals surface area contributed by atoms with Gasteiger partial charge in [0.2, 0.25) is 0 Å². The number of benzene rings is 2. The van der Waals surface area contributed by atoms with Crippen LogP contribution in [0.15, 0.2) is 64.2 Å². The predicted octanol–water partition coefficient (Wildman–Crippen LogP) is 3.36. The van der Waals surface area contributed by atoms with Crippen LogP contribution in [0.3, 0.4) is 0 Å². The van der Waals surface area contributed by atoms with Crippen molar-refractivity contribution in [2.24, 2.45) is 0 Å². The van der Waals surface area contributed by atoms with Gasteiger partial charge in [-0.25, -0.2) is 13.2 Å². The average Bonchev–Trinajstić information content (AvgIpc) is 3.33. The van der Waals surface area contributed by atoms with Crippen LogP contribution in [0.5, 0.6) is 11.5 Å². The molecule has 0 saturated heterocycles. The van der Waals surface area contributed by atoms with Gasteiger partial charge in [-0.05, 0) is 23.6 Å². The summed E-state index contributed by atoms with van der Waals surface area (Å²) in [5.74, 6) is -0.495. The number of methoxy groups -OCH3 is 2. The molecule has 9 nitrogen and oxygen atoms in total. The number of carbonyl (C=O) groups excluding carboxylic acids is 2. The highest BCUT2D eigenvalue weighted by Crippen LogP contribution is 2.26. The molecule has 0 unspecified atom stereocenters. The molecule has 11 heteroatoms. The Morgan fingerprint density at radius 3 is 2.28 bits per heavy atom. The summed E-state index contributed by atoms with van der Waals surface area (Å²) in [6.07, 6.45) is 0. The fourth-order valence-corrected chi connectivity index (χ4v) is 4.72. The number of nitrogens with one attached hydrogen (secondary N) is 2. The van der Waals surface area contributed by atoms with Crippen molar-refractivity contribution in [1.29, 1.82) is 0 Å². The van der Waals surface area contributed by atoms with Crippen molar-refractivity contribution in [3.63, 3.8) is 0 Å². The molecular weight excluding hydrogens is 456 g/mol. The van der Waals surface area contributed by atoms with Crippen molar-refractivity contribution in [2.45, 2.75) is 4.21 Å². The molecule has 3 rings (SSSR count). The van der Waals surface area contributed by atoms with E-state index in [1.807, 2.05) is 0 Å². The maximum Gasteiger partial charge on any atom is 0.340 e. The first-order chi connectivity index (χ1) is 15.3. The van der Waals surface area contributed by atoms with E-state index in [1.54, 1.807) is 41.8 Å². The third kappa shape index (κ3) is 5.77. The Bertz CT molecular complexity index is 1190. The maximum atomic E-state index is 12.5. The Balaban J connectivity index is 1.66. The van der Waals surface area contributed by atoms with E-state index in [2.05, 4.69) is 10.0 Å². The van der Waals surface area contributed by atoms with Crippen LogP contribution < -0.4 is 19.5 Å². The van der Waals surface area contributed by atoms with Crippen molar-refractivity contribution in [3.05, 3.63) is 65.5 Å². The Hall–Kier alpha value is -3.57. The molecule has 1 heterocycles. The first-order valence-corrected chi connectivity index (χ1v) is 11.5. The van der Waals surface area contributed by atoms with Crippen molar-refractivity contribution in [2.75, 3.05) is 30.9 Å². The van der Waals surface area contributed by atoms with E-state index >= 15 is 0 Å². The topological polar surface area (TPSA) is 120 Å². The number of thiophene rings is 1. The first-order valence-electron chi connectivity index (χ1n) is 9.18. The van der Waals surface area contributed by atoms with Gasteiger partial charge < -0.3 is 19.5 Å². The number of hydrogen-bond acceptors (Lipinski definition) is 8. The van der Waals surface area contributed by atoms with Gasteiger partial charge in [0.25, 0.3) is 15.9 Å². The summed E-state index contributed by atoms with van der Waals surface area (Å²) < 4.78 is 42.8. The van der Waals surface area contributed by atoms with Crippen LogP contribution in [0, 0.1) is 0 Å². The monoisotopic (exact) mass is 476 g/mol. The van der Waals surface area contributed by atoms with Crippen LogP contribution >= 0.6 is 11.3 Å². The highest BCUT2D eigenvalue weighted by Gasteiger charge is 2.20. The van der Waals surface area contributed by atoms with Gasteiger partial charge in [-0.1, -0.05) is 18.2 Å². The van der Waals surface area contributed by atoms with Gasteiger partial charge in [-0.15, -0.1) is 11.3 Å². The zero-order valence-electron chi connectivity index (χ0n) is 17.2. The van der Waals surface area contributed by atoms with E-state index in [1.165, 1.54) is 32.4 Å².